The molecule has 1 unspecified atom stereocenters. The number of rotatable bonds is 2. The van der Waals surface area contributed by atoms with Gasteiger partial charge in [-0.2, -0.15) is 0 Å². The molecule has 1 aliphatic rings. The molecule has 0 aromatic carbocycles. The van der Waals surface area contributed by atoms with Crippen LogP contribution in [-0.4, -0.2) is 17.5 Å². The smallest absolute Gasteiger partial charge is 0.136 e. The fraction of sp³-hybridized carbons (Fsp3) is 0.929. The van der Waals surface area contributed by atoms with Gasteiger partial charge >= 0.3 is 0 Å². The van der Waals surface area contributed by atoms with Gasteiger partial charge in [0.2, 0.25) is 0 Å². The summed E-state index contributed by atoms with van der Waals surface area (Å²) in [6.45, 7) is 0.163. The summed E-state index contributed by atoms with van der Waals surface area (Å²) in [5.41, 5.74) is 0. The van der Waals surface area contributed by atoms with Crippen LogP contribution >= 0.6 is 0 Å². The van der Waals surface area contributed by atoms with Crippen LogP contribution in [0.15, 0.2) is 0 Å². The molecule has 1 radical (unpaired) electrons. The van der Waals surface area contributed by atoms with E-state index in [4.69, 9.17) is 5.11 Å². The summed E-state index contributed by atoms with van der Waals surface area (Å²) in [6.07, 6.45) is 12.4. The van der Waals surface area contributed by atoms with Crippen molar-refractivity contribution in [2.75, 3.05) is 6.61 Å². The molecule has 1 fully saturated rings. The molecule has 1 atom stereocenters. The van der Waals surface area contributed by atoms with Crippen molar-refractivity contribution in [3.8, 4) is 0 Å². The Balaban J connectivity index is 0.00000256. The van der Waals surface area contributed by atoms with Crippen LogP contribution in [-0.2, 0) is 4.79 Å². The zero-order chi connectivity index (χ0) is 11.6. The van der Waals surface area contributed by atoms with E-state index in [1.54, 1.807) is 0 Å². The van der Waals surface area contributed by atoms with Gasteiger partial charge in [-0.1, -0.05) is 44.9 Å². The van der Waals surface area contributed by atoms with Crippen molar-refractivity contribution in [2.24, 2.45) is 5.92 Å². The monoisotopic (exact) mass is 453 g/mol. The van der Waals surface area contributed by atoms with Gasteiger partial charge in [0.1, 0.15) is 5.78 Å². The normalized spacial score (nSPS) is 24.3. The van der Waals surface area contributed by atoms with E-state index in [-0.39, 0.29) is 56.6 Å². The van der Waals surface area contributed by atoms with E-state index in [1.807, 2.05) is 0 Å². The van der Waals surface area contributed by atoms with Gasteiger partial charge in [0.05, 0.1) is 0 Å². The zero-order valence-corrected chi connectivity index (χ0v) is 15.7. The third-order valence-corrected chi connectivity index (χ3v) is 3.66. The first-order valence-electron chi connectivity index (χ1n) is 6.98. The molecule has 17 heavy (non-hydrogen) atoms. The SMILES string of the molecule is O=C1CCCCCCCCCCC1CCO.[Ac]. The second-order valence-corrected chi connectivity index (χ2v) is 5.04. The number of carbonyl (C=O) groups is 1. The van der Waals surface area contributed by atoms with E-state index in [9.17, 15) is 4.79 Å². The molecular formula is C14H26AcO2. The summed E-state index contributed by atoms with van der Waals surface area (Å²) < 4.78 is 0. The van der Waals surface area contributed by atoms with Gasteiger partial charge in [0.15, 0.2) is 0 Å². The first kappa shape index (κ1) is 18.1. The first-order chi connectivity index (χ1) is 7.84. The van der Waals surface area contributed by atoms with Crippen molar-refractivity contribution in [3.63, 3.8) is 0 Å². The van der Waals surface area contributed by atoms with Crippen LogP contribution in [0.1, 0.15) is 70.6 Å². The molecule has 97 valence electrons. The third kappa shape index (κ3) is 8.73. The maximum atomic E-state index is 11.9. The quantitative estimate of drug-likeness (QED) is 0.696. The maximum Gasteiger partial charge on any atom is 0.136 e. The molecule has 0 aliphatic heterocycles. The Hall–Kier alpha value is 1.07. The molecule has 1 saturated carbocycles. The van der Waals surface area contributed by atoms with Gasteiger partial charge in [0, 0.05) is 63.0 Å². The molecule has 0 aromatic heterocycles. The van der Waals surface area contributed by atoms with Crippen LogP contribution in [0.3, 0.4) is 0 Å². The molecule has 0 spiro atoms. The summed E-state index contributed by atoms with van der Waals surface area (Å²) in [5.74, 6) is 0.541. The number of hydrogen-bond donors (Lipinski definition) is 1. The van der Waals surface area contributed by atoms with Gasteiger partial charge in [0.25, 0.3) is 0 Å². The van der Waals surface area contributed by atoms with E-state index >= 15 is 0 Å². The molecular weight excluding hydrogens is 427 g/mol. The van der Waals surface area contributed by atoms with E-state index in [1.165, 1.54) is 38.5 Å². The number of aliphatic hydroxyl groups excluding tert-OH is 1. The van der Waals surface area contributed by atoms with Crippen LogP contribution in [0.4, 0.5) is 0 Å². The Morgan fingerprint density at radius 1 is 0.941 bits per heavy atom. The van der Waals surface area contributed by atoms with E-state index in [2.05, 4.69) is 0 Å². The van der Waals surface area contributed by atoms with Crippen LogP contribution in [0, 0.1) is 50.0 Å². The Morgan fingerprint density at radius 3 is 2.06 bits per heavy atom. The van der Waals surface area contributed by atoms with Gasteiger partial charge in [-0.15, -0.1) is 0 Å². The van der Waals surface area contributed by atoms with Gasteiger partial charge < -0.3 is 5.11 Å². The van der Waals surface area contributed by atoms with Crippen molar-refractivity contribution in [1.82, 2.24) is 0 Å². The van der Waals surface area contributed by atoms with E-state index in [0.717, 1.165) is 25.7 Å². The minimum absolute atomic E-state index is 0. The number of ketones is 1. The number of hydrogen-bond acceptors (Lipinski definition) is 2. The topological polar surface area (TPSA) is 37.3 Å². The van der Waals surface area contributed by atoms with Crippen LogP contribution < -0.4 is 0 Å². The average Bonchev–Trinajstić information content (AvgIpc) is 2.28. The van der Waals surface area contributed by atoms with Gasteiger partial charge in [-0.3, -0.25) is 4.79 Å². The van der Waals surface area contributed by atoms with Crippen LogP contribution in [0.5, 0.6) is 0 Å². The Morgan fingerprint density at radius 2 is 1.47 bits per heavy atom. The first-order valence-corrected chi connectivity index (χ1v) is 6.98. The van der Waals surface area contributed by atoms with Crippen molar-refractivity contribution >= 4 is 5.78 Å². The molecule has 0 amide bonds. The molecule has 2 nitrogen and oxygen atoms in total. The molecule has 0 heterocycles. The number of carbonyl (C=O) groups excluding carboxylic acids is 1. The number of Topliss-reactive ketones (excluding diaryl/α,β-unsaturated/α-hetero) is 1. The van der Waals surface area contributed by atoms with E-state index in [0.29, 0.717) is 12.2 Å². The largest absolute Gasteiger partial charge is 0.396 e. The molecule has 0 bridgehead atoms. The second kappa shape index (κ2) is 12.1. The summed E-state index contributed by atoms with van der Waals surface area (Å²) in [7, 11) is 0. The molecule has 3 heteroatoms. The zero-order valence-electron chi connectivity index (χ0n) is 11.0. The predicted octanol–water partition coefficient (Wildman–Crippen LogP) is 3.47. The minimum atomic E-state index is 0. The average molecular weight is 453 g/mol. The van der Waals surface area contributed by atoms with Gasteiger partial charge in [-0.25, -0.2) is 0 Å². The van der Waals surface area contributed by atoms with Crippen molar-refractivity contribution in [3.05, 3.63) is 0 Å². The summed E-state index contributed by atoms with van der Waals surface area (Å²) >= 11 is 0. The van der Waals surface area contributed by atoms with Crippen LogP contribution in [0.2, 0.25) is 0 Å². The molecule has 1 aliphatic carbocycles. The summed E-state index contributed by atoms with van der Waals surface area (Å²) in [5, 5.41) is 8.97. The third-order valence-electron chi connectivity index (χ3n) is 3.66. The molecule has 1 N–H and O–H groups in total. The Bertz CT molecular complexity index is 195. The summed E-state index contributed by atoms with van der Waals surface area (Å²) in [4.78, 5) is 11.9. The van der Waals surface area contributed by atoms with E-state index < -0.39 is 0 Å². The maximum absolute atomic E-state index is 11.9. The predicted molar refractivity (Wildman–Crippen MR) is 66.4 cm³/mol. The standard InChI is InChI=1S/C14H26O2.Ac/c15-12-11-13-9-7-5-3-1-2-4-6-8-10-14(13)16;/h13,15H,1-12H2;. The molecule has 0 saturated heterocycles. The number of aliphatic hydroxyl groups is 1. The fourth-order valence-electron chi connectivity index (χ4n) is 2.58. The fourth-order valence-corrected chi connectivity index (χ4v) is 2.58. The Kier molecular flexibility index (Phi) is 12.9. The van der Waals surface area contributed by atoms with Crippen molar-refractivity contribution in [2.45, 2.75) is 70.6 Å². The molecule has 0 aromatic rings. The van der Waals surface area contributed by atoms with Gasteiger partial charge in [-0.05, 0) is 19.3 Å². The second-order valence-electron chi connectivity index (χ2n) is 5.04. The van der Waals surface area contributed by atoms with Crippen LogP contribution in [0.25, 0.3) is 0 Å². The van der Waals surface area contributed by atoms with Crippen molar-refractivity contribution in [1.29, 1.82) is 0 Å². The molecule has 1 rings (SSSR count). The summed E-state index contributed by atoms with van der Waals surface area (Å²) in [6, 6.07) is 0. The van der Waals surface area contributed by atoms with Crippen molar-refractivity contribution < 1.29 is 54.0 Å². The minimum Gasteiger partial charge on any atom is -0.396 e. The Labute approximate surface area is 141 Å².